The van der Waals surface area contributed by atoms with Gasteiger partial charge in [0.25, 0.3) is 0 Å². The van der Waals surface area contributed by atoms with E-state index in [1.54, 1.807) is 7.05 Å². The quantitative estimate of drug-likeness (QED) is 0.694. The van der Waals surface area contributed by atoms with E-state index < -0.39 is 0 Å². The Morgan fingerprint density at radius 3 is 2.21 bits per heavy atom. The minimum atomic E-state index is -0.381. The molecule has 0 atom stereocenters. The van der Waals surface area contributed by atoms with Crippen LogP contribution in [0.25, 0.3) is 0 Å². The van der Waals surface area contributed by atoms with Crippen LogP contribution in [0.3, 0.4) is 0 Å². The van der Waals surface area contributed by atoms with Crippen molar-refractivity contribution >= 4 is 18.0 Å². The third-order valence-corrected chi connectivity index (χ3v) is 2.46. The molecule has 3 N–H and O–H groups in total. The molecule has 0 radical (unpaired) electrons. The summed E-state index contributed by atoms with van der Waals surface area (Å²) in [7, 11) is 3.63. The molecule has 0 bridgehead atoms. The lowest BCUT2D eigenvalue weighted by Gasteiger charge is -2.10. The SMILES string of the molecule is CCCNC.CCCSN(C)C(N)=O. The van der Waals surface area contributed by atoms with Gasteiger partial charge in [-0.3, -0.25) is 4.31 Å². The van der Waals surface area contributed by atoms with Crippen LogP contribution in [0.5, 0.6) is 0 Å². The molecule has 0 unspecified atom stereocenters. The molecule has 86 valence electrons. The first-order chi connectivity index (χ1) is 6.59. The van der Waals surface area contributed by atoms with Crippen molar-refractivity contribution in [1.82, 2.24) is 9.62 Å². The Balaban J connectivity index is 0. The highest BCUT2D eigenvalue weighted by atomic mass is 32.2. The van der Waals surface area contributed by atoms with Gasteiger partial charge in [-0.2, -0.15) is 0 Å². The highest BCUT2D eigenvalue weighted by molar-refractivity contribution is 7.97. The van der Waals surface area contributed by atoms with Crippen molar-refractivity contribution in [2.24, 2.45) is 5.73 Å². The maximum absolute atomic E-state index is 10.3. The summed E-state index contributed by atoms with van der Waals surface area (Å²) in [4.78, 5) is 10.3. The highest BCUT2D eigenvalue weighted by Crippen LogP contribution is 2.06. The van der Waals surface area contributed by atoms with Gasteiger partial charge in [0.2, 0.25) is 0 Å². The third-order valence-electron chi connectivity index (χ3n) is 1.30. The number of nitrogens with two attached hydrogens (primary N) is 1. The number of rotatable bonds is 5. The van der Waals surface area contributed by atoms with E-state index in [0.29, 0.717) is 0 Å². The van der Waals surface area contributed by atoms with E-state index >= 15 is 0 Å². The third kappa shape index (κ3) is 14.1. The zero-order valence-corrected chi connectivity index (χ0v) is 10.5. The van der Waals surface area contributed by atoms with Gasteiger partial charge < -0.3 is 11.1 Å². The minimum Gasteiger partial charge on any atom is -0.351 e. The molecule has 0 aromatic rings. The van der Waals surface area contributed by atoms with Crippen molar-refractivity contribution in [3.05, 3.63) is 0 Å². The number of hydrogen-bond donors (Lipinski definition) is 2. The summed E-state index contributed by atoms with van der Waals surface area (Å²) in [6, 6.07) is -0.381. The van der Waals surface area contributed by atoms with E-state index in [4.69, 9.17) is 5.73 Å². The number of primary amides is 1. The van der Waals surface area contributed by atoms with Gasteiger partial charge in [0.1, 0.15) is 0 Å². The predicted molar refractivity (Wildman–Crippen MR) is 64.3 cm³/mol. The zero-order valence-electron chi connectivity index (χ0n) is 9.67. The van der Waals surface area contributed by atoms with Crippen molar-refractivity contribution in [3.63, 3.8) is 0 Å². The molecule has 4 nitrogen and oxygen atoms in total. The van der Waals surface area contributed by atoms with Gasteiger partial charge in [0, 0.05) is 12.8 Å². The molecule has 0 rings (SSSR count). The Kier molecular flexibility index (Phi) is 14.4. The van der Waals surface area contributed by atoms with E-state index in [1.165, 1.54) is 22.7 Å². The molecule has 0 aliphatic heterocycles. The fourth-order valence-electron chi connectivity index (χ4n) is 0.542. The second-order valence-corrected chi connectivity index (χ2v) is 3.99. The van der Waals surface area contributed by atoms with Crippen LogP contribution in [-0.2, 0) is 0 Å². The van der Waals surface area contributed by atoms with Crippen LogP contribution in [0.2, 0.25) is 0 Å². The highest BCUT2D eigenvalue weighted by Gasteiger charge is 2.00. The van der Waals surface area contributed by atoms with E-state index in [9.17, 15) is 4.79 Å². The average molecular weight is 221 g/mol. The molecule has 0 fully saturated rings. The molecule has 5 heteroatoms. The molecule has 0 aromatic carbocycles. The Labute approximate surface area is 91.7 Å². The number of nitrogens with zero attached hydrogens (tertiary/aromatic N) is 1. The molecular weight excluding hydrogens is 198 g/mol. The Morgan fingerprint density at radius 2 is 2.00 bits per heavy atom. The second kappa shape index (κ2) is 12.6. The summed E-state index contributed by atoms with van der Waals surface area (Å²) < 4.78 is 1.43. The van der Waals surface area contributed by atoms with Gasteiger partial charge in [-0.25, -0.2) is 4.79 Å². The molecule has 0 saturated carbocycles. The van der Waals surface area contributed by atoms with E-state index in [0.717, 1.165) is 18.7 Å². The largest absolute Gasteiger partial charge is 0.351 e. The molecular formula is C9H23N3OS. The molecule has 0 heterocycles. The smallest absolute Gasteiger partial charge is 0.324 e. The number of carbonyl (C=O) groups excluding carboxylic acids is 1. The predicted octanol–water partition coefficient (Wildman–Crippen LogP) is 1.67. The fraction of sp³-hybridized carbons (Fsp3) is 0.889. The lowest BCUT2D eigenvalue weighted by atomic mass is 10.5. The maximum atomic E-state index is 10.3. The van der Waals surface area contributed by atoms with Crippen LogP contribution in [0.15, 0.2) is 0 Å². The fourth-order valence-corrected chi connectivity index (χ4v) is 1.13. The Morgan fingerprint density at radius 1 is 1.43 bits per heavy atom. The van der Waals surface area contributed by atoms with E-state index in [1.807, 2.05) is 7.05 Å². The molecule has 0 spiro atoms. The number of nitrogens with one attached hydrogen (secondary N) is 1. The van der Waals surface area contributed by atoms with Crippen molar-refractivity contribution < 1.29 is 4.79 Å². The number of hydrogen-bond acceptors (Lipinski definition) is 3. The van der Waals surface area contributed by atoms with Gasteiger partial charge in [0.05, 0.1) is 0 Å². The van der Waals surface area contributed by atoms with Crippen molar-refractivity contribution in [2.45, 2.75) is 26.7 Å². The number of carbonyl (C=O) groups is 1. The summed E-state index contributed by atoms with van der Waals surface area (Å²) >= 11 is 1.44. The molecule has 14 heavy (non-hydrogen) atoms. The van der Waals surface area contributed by atoms with Crippen molar-refractivity contribution in [1.29, 1.82) is 0 Å². The maximum Gasteiger partial charge on any atom is 0.324 e. The number of urea groups is 1. The normalized spacial score (nSPS) is 8.86. The Bertz CT molecular complexity index is 131. The monoisotopic (exact) mass is 221 g/mol. The van der Waals surface area contributed by atoms with Gasteiger partial charge in [-0.15, -0.1) is 0 Å². The summed E-state index contributed by atoms with van der Waals surface area (Å²) in [5.74, 6) is 0.944. The minimum absolute atomic E-state index is 0.381. The average Bonchev–Trinajstić information content (AvgIpc) is 2.16. The summed E-state index contributed by atoms with van der Waals surface area (Å²) in [5.41, 5.74) is 4.94. The molecule has 0 aliphatic carbocycles. The lowest BCUT2D eigenvalue weighted by Crippen LogP contribution is -2.26. The lowest BCUT2D eigenvalue weighted by molar-refractivity contribution is 0.239. The molecule has 0 aliphatic rings. The summed E-state index contributed by atoms with van der Waals surface area (Å²) in [5, 5.41) is 3.02. The molecule has 0 saturated heterocycles. The van der Waals surface area contributed by atoms with Crippen LogP contribution < -0.4 is 11.1 Å². The first kappa shape index (κ1) is 16.0. The van der Waals surface area contributed by atoms with Crippen LogP contribution in [0, 0.1) is 0 Å². The first-order valence-electron chi connectivity index (χ1n) is 4.90. The zero-order chi connectivity index (χ0) is 11.4. The van der Waals surface area contributed by atoms with Crippen LogP contribution in [0.1, 0.15) is 26.7 Å². The van der Waals surface area contributed by atoms with Crippen LogP contribution in [-0.4, -0.2) is 36.7 Å². The van der Waals surface area contributed by atoms with Gasteiger partial charge in [0.15, 0.2) is 0 Å². The second-order valence-electron chi connectivity index (χ2n) is 2.77. The molecule has 2 amide bonds. The topological polar surface area (TPSA) is 58.4 Å². The van der Waals surface area contributed by atoms with Gasteiger partial charge >= 0.3 is 6.03 Å². The van der Waals surface area contributed by atoms with Gasteiger partial charge in [-0.1, -0.05) is 13.8 Å². The van der Waals surface area contributed by atoms with Crippen molar-refractivity contribution in [2.75, 3.05) is 26.4 Å². The summed E-state index contributed by atoms with van der Waals surface area (Å²) in [6.07, 6.45) is 2.29. The van der Waals surface area contributed by atoms with E-state index in [2.05, 4.69) is 19.2 Å². The first-order valence-corrected chi connectivity index (χ1v) is 5.85. The van der Waals surface area contributed by atoms with Crippen molar-refractivity contribution in [3.8, 4) is 0 Å². The number of amides is 2. The van der Waals surface area contributed by atoms with Crippen LogP contribution >= 0.6 is 11.9 Å². The van der Waals surface area contributed by atoms with Crippen LogP contribution in [0.4, 0.5) is 4.79 Å². The van der Waals surface area contributed by atoms with Gasteiger partial charge in [-0.05, 0) is 38.4 Å². The van der Waals surface area contributed by atoms with E-state index in [-0.39, 0.29) is 6.03 Å². The standard InChI is InChI=1S/C5H12N2OS.C4H11N/c1-3-4-9-7(2)5(6)8;1-3-4-5-2/h3-4H2,1-2H3,(H2,6,8);5H,3-4H2,1-2H3. The summed E-state index contributed by atoms with van der Waals surface area (Å²) in [6.45, 7) is 5.35. The molecule has 0 aromatic heterocycles. The Hall–Kier alpha value is -0.420.